The molecule has 0 aliphatic rings. The van der Waals surface area contributed by atoms with E-state index in [1.54, 1.807) is 41.0 Å². The predicted molar refractivity (Wildman–Crippen MR) is 155 cm³/mol. The van der Waals surface area contributed by atoms with Crippen molar-refractivity contribution in [2.24, 2.45) is 0 Å². The molecule has 0 unspecified atom stereocenters. The molecule has 0 bridgehead atoms. The number of halogens is 4. The molecule has 0 spiro atoms. The summed E-state index contributed by atoms with van der Waals surface area (Å²) in [7, 11) is 0. The van der Waals surface area contributed by atoms with Gasteiger partial charge in [-0.25, -0.2) is 0 Å². The molecule has 4 aromatic rings. The SMILES string of the molecule is CCOc1ccc(-n2c(CNC(=O)c3ccc(C)c(C)c3)nnc2SCC(=O)Nc2cc(C(F)(F)F)ccc2Cl)cc1. The molecule has 42 heavy (non-hydrogen) atoms. The van der Waals surface area contributed by atoms with E-state index in [9.17, 15) is 22.8 Å². The zero-order chi connectivity index (χ0) is 30.4. The Hall–Kier alpha value is -4.03. The molecule has 220 valence electrons. The number of nitrogens with zero attached hydrogens (tertiary/aromatic N) is 3. The van der Waals surface area contributed by atoms with Gasteiger partial charge in [0.1, 0.15) is 5.75 Å². The van der Waals surface area contributed by atoms with Crippen LogP contribution in [0.15, 0.2) is 65.8 Å². The molecule has 0 aliphatic carbocycles. The molecule has 0 fully saturated rings. The summed E-state index contributed by atoms with van der Waals surface area (Å²) in [5, 5.41) is 14.0. The second-order valence-corrected chi connectivity index (χ2v) is 10.5. The molecule has 0 aliphatic heterocycles. The lowest BCUT2D eigenvalue weighted by Gasteiger charge is -2.13. The number of amides is 2. The zero-order valence-corrected chi connectivity index (χ0v) is 24.5. The van der Waals surface area contributed by atoms with Gasteiger partial charge >= 0.3 is 6.18 Å². The van der Waals surface area contributed by atoms with Crippen molar-refractivity contribution in [2.45, 2.75) is 38.6 Å². The Morgan fingerprint density at radius 3 is 2.40 bits per heavy atom. The topological polar surface area (TPSA) is 98.1 Å². The first kappa shape index (κ1) is 30.9. The Labute approximate surface area is 249 Å². The minimum atomic E-state index is -4.59. The van der Waals surface area contributed by atoms with Crippen LogP contribution >= 0.6 is 23.4 Å². The van der Waals surface area contributed by atoms with Crippen LogP contribution in [-0.2, 0) is 17.5 Å². The fraction of sp³-hybridized carbons (Fsp3) is 0.241. The first-order chi connectivity index (χ1) is 20.0. The van der Waals surface area contributed by atoms with Gasteiger partial charge in [0.2, 0.25) is 5.91 Å². The van der Waals surface area contributed by atoms with Crippen LogP contribution in [0, 0.1) is 13.8 Å². The van der Waals surface area contributed by atoms with E-state index >= 15 is 0 Å². The van der Waals surface area contributed by atoms with Crippen molar-refractivity contribution < 1.29 is 27.5 Å². The van der Waals surface area contributed by atoms with Gasteiger partial charge in [0.15, 0.2) is 11.0 Å². The van der Waals surface area contributed by atoms with Crippen molar-refractivity contribution in [1.82, 2.24) is 20.1 Å². The van der Waals surface area contributed by atoms with Gasteiger partial charge in [0.25, 0.3) is 5.91 Å². The Morgan fingerprint density at radius 1 is 1.00 bits per heavy atom. The first-order valence-electron chi connectivity index (χ1n) is 12.8. The molecular weight excluding hydrogens is 591 g/mol. The van der Waals surface area contributed by atoms with Crippen LogP contribution in [0.3, 0.4) is 0 Å². The van der Waals surface area contributed by atoms with Gasteiger partial charge in [-0.1, -0.05) is 29.4 Å². The molecule has 3 aromatic carbocycles. The van der Waals surface area contributed by atoms with E-state index in [1.165, 1.54) is 0 Å². The van der Waals surface area contributed by atoms with Crippen molar-refractivity contribution in [3.8, 4) is 11.4 Å². The van der Waals surface area contributed by atoms with E-state index in [0.717, 1.165) is 41.1 Å². The van der Waals surface area contributed by atoms with Gasteiger partial charge in [-0.3, -0.25) is 14.2 Å². The molecule has 2 N–H and O–H groups in total. The number of hydrogen-bond acceptors (Lipinski definition) is 6. The lowest BCUT2D eigenvalue weighted by Crippen LogP contribution is -2.24. The van der Waals surface area contributed by atoms with Crippen molar-refractivity contribution in [3.05, 3.63) is 93.8 Å². The standard InChI is InChI=1S/C29H27ClF3N5O3S/c1-4-41-22-10-8-21(9-11-22)38-25(15-34-27(40)19-6-5-17(2)18(3)13-19)36-37-28(38)42-16-26(39)35-24-14-20(29(31,32)33)7-12-23(24)30/h5-14H,4,15-16H2,1-3H3,(H,34,40)(H,35,39). The lowest BCUT2D eigenvalue weighted by atomic mass is 10.1. The number of anilines is 1. The number of ether oxygens (including phenoxy) is 1. The second-order valence-electron chi connectivity index (χ2n) is 9.17. The van der Waals surface area contributed by atoms with Crippen molar-refractivity contribution in [1.29, 1.82) is 0 Å². The van der Waals surface area contributed by atoms with Gasteiger partial charge in [0.05, 0.1) is 35.2 Å². The molecule has 1 heterocycles. The second kappa shape index (κ2) is 13.3. The molecule has 0 radical (unpaired) electrons. The number of thioether (sulfide) groups is 1. The third-order valence-corrected chi connectivity index (χ3v) is 7.44. The van der Waals surface area contributed by atoms with E-state index in [1.807, 2.05) is 26.8 Å². The summed E-state index contributed by atoms with van der Waals surface area (Å²) in [6, 6.07) is 15.2. The molecule has 4 rings (SSSR count). The van der Waals surface area contributed by atoms with Crippen molar-refractivity contribution >= 4 is 40.9 Å². The number of nitrogens with one attached hydrogen (secondary N) is 2. The summed E-state index contributed by atoms with van der Waals surface area (Å²) >= 11 is 7.03. The fourth-order valence-electron chi connectivity index (χ4n) is 3.88. The summed E-state index contributed by atoms with van der Waals surface area (Å²) < 4.78 is 46.5. The summed E-state index contributed by atoms with van der Waals surface area (Å²) in [5.41, 5.74) is 2.14. The Morgan fingerprint density at radius 2 is 1.74 bits per heavy atom. The number of aromatic nitrogens is 3. The van der Waals surface area contributed by atoms with Crippen LogP contribution in [-0.4, -0.2) is 38.9 Å². The Bertz CT molecular complexity index is 1590. The summed E-state index contributed by atoms with van der Waals surface area (Å²) in [6.45, 7) is 6.29. The highest BCUT2D eigenvalue weighted by Gasteiger charge is 2.31. The van der Waals surface area contributed by atoms with Crippen LogP contribution in [0.25, 0.3) is 5.69 Å². The first-order valence-corrected chi connectivity index (χ1v) is 14.1. The van der Waals surface area contributed by atoms with Crippen molar-refractivity contribution in [2.75, 3.05) is 17.7 Å². The number of hydrogen-bond donors (Lipinski definition) is 2. The van der Waals surface area contributed by atoms with Gasteiger partial charge in [-0.15, -0.1) is 10.2 Å². The van der Waals surface area contributed by atoms with Crippen LogP contribution in [0.4, 0.5) is 18.9 Å². The maximum atomic E-state index is 13.1. The molecule has 0 saturated heterocycles. The van der Waals surface area contributed by atoms with Gasteiger partial charge in [0, 0.05) is 11.3 Å². The lowest BCUT2D eigenvalue weighted by molar-refractivity contribution is -0.137. The Kier molecular flexibility index (Phi) is 9.79. The highest BCUT2D eigenvalue weighted by atomic mass is 35.5. The van der Waals surface area contributed by atoms with Crippen LogP contribution in [0.5, 0.6) is 5.75 Å². The monoisotopic (exact) mass is 617 g/mol. The largest absolute Gasteiger partial charge is 0.494 e. The molecule has 1 aromatic heterocycles. The van der Waals surface area contributed by atoms with Crippen molar-refractivity contribution in [3.63, 3.8) is 0 Å². The van der Waals surface area contributed by atoms with Crippen LogP contribution < -0.4 is 15.4 Å². The quantitative estimate of drug-likeness (QED) is 0.194. The molecule has 0 saturated carbocycles. The number of benzene rings is 3. The molecule has 13 heteroatoms. The molecule has 2 amide bonds. The third-order valence-electron chi connectivity index (χ3n) is 6.18. The maximum Gasteiger partial charge on any atom is 0.416 e. The van der Waals surface area contributed by atoms with E-state index in [-0.39, 0.29) is 28.9 Å². The average Bonchev–Trinajstić information content (AvgIpc) is 3.36. The van der Waals surface area contributed by atoms with Crippen LogP contribution in [0.1, 0.15) is 39.8 Å². The van der Waals surface area contributed by atoms with Crippen LogP contribution in [0.2, 0.25) is 5.02 Å². The smallest absolute Gasteiger partial charge is 0.416 e. The van der Waals surface area contributed by atoms with E-state index in [2.05, 4.69) is 20.8 Å². The number of aryl methyl sites for hydroxylation is 2. The van der Waals surface area contributed by atoms with E-state index in [0.29, 0.717) is 34.6 Å². The minimum Gasteiger partial charge on any atom is -0.494 e. The van der Waals surface area contributed by atoms with Gasteiger partial charge in [-0.05, 0) is 86.5 Å². The molecule has 8 nitrogen and oxygen atoms in total. The highest BCUT2D eigenvalue weighted by Crippen LogP contribution is 2.34. The molecule has 0 atom stereocenters. The summed E-state index contributed by atoms with van der Waals surface area (Å²) in [4.78, 5) is 25.5. The fourth-order valence-corrected chi connectivity index (χ4v) is 4.82. The normalized spacial score (nSPS) is 11.3. The highest BCUT2D eigenvalue weighted by molar-refractivity contribution is 7.99. The molecular formula is C29H27ClF3N5O3S. The van der Waals surface area contributed by atoms with Gasteiger partial charge in [-0.2, -0.15) is 13.2 Å². The number of rotatable bonds is 10. The minimum absolute atomic E-state index is 0.0271. The average molecular weight is 618 g/mol. The Balaban J connectivity index is 1.53. The third kappa shape index (κ3) is 7.62. The number of carbonyl (C=O) groups is 2. The predicted octanol–water partition coefficient (Wildman–Crippen LogP) is 6.62. The van der Waals surface area contributed by atoms with Gasteiger partial charge < -0.3 is 15.4 Å². The zero-order valence-electron chi connectivity index (χ0n) is 22.9. The number of alkyl halides is 3. The maximum absolute atomic E-state index is 13.1. The van der Waals surface area contributed by atoms with E-state index in [4.69, 9.17) is 16.3 Å². The number of carbonyl (C=O) groups excluding carboxylic acids is 2. The summed E-state index contributed by atoms with van der Waals surface area (Å²) in [6.07, 6.45) is -4.59. The van der Waals surface area contributed by atoms with E-state index < -0.39 is 17.6 Å². The summed E-state index contributed by atoms with van der Waals surface area (Å²) in [5.74, 6) is -0.0138.